The lowest BCUT2D eigenvalue weighted by molar-refractivity contribution is 0.409. The van der Waals surface area contributed by atoms with Gasteiger partial charge >= 0.3 is 0 Å². The van der Waals surface area contributed by atoms with Gasteiger partial charge in [0.05, 0.1) is 0 Å². The van der Waals surface area contributed by atoms with Crippen LogP contribution in [0.25, 0.3) is 5.65 Å². The largest absolute Gasteiger partial charge is 0.306 e. The average molecular weight is 220 g/mol. The van der Waals surface area contributed by atoms with Crippen molar-refractivity contribution in [3.05, 3.63) is 30.0 Å². The molecule has 0 amide bonds. The number of fused-ring (bicyclic) bond motifs is 1. The molecule has 2 aromatic heterocycles. The molecule has 0 spiro atoms. The fourth-order valence-corrected chi connectivity index (χ4v) is 2.31. The van der Waals surface area contributed by atoms with E-state index in [4.69, 9.17) is 0 Å². The van der Waals surface area contributed by atoms with Gasteiger partial charge in [-0.3, -0.25) is 4.40 Å². The number of aromatic nitrogens is 3. The second-order valence-corrected chi connectivity index (χ2v) is 4.38. The van der Waals surface area contributed by atoms with Crippen LogP contribution in [0.3, 0.4) is 0 Å². The highest BCUT2D eigenvalue weighted by Gasteiger charge is 2.25. The summed E-state index contributed by atoms with van der Waals surface area (Å²) in [7, 11) is 2.09. The Balaban J connectivity index is 2.06. The van der Waals surface area contributed by atoms with Crippen molar-refractivity contribution in [3.8, 4) is 0 Å². The van der Waals surface area contributed by atoms with E-state index in [2.05, 4.69) is 22.1 Å². The van der Waals surface area contributed by atoms with Crippen LogP contribution in [-0.4, -0.2) is 39.6 Å². The Kier molecular flexibility index (Phi) is 2.14. The van der Waals surface area contributed by atoms with Crippen LogP contribution in [0.2, 0.25) is 0 Å². The molecule has 3 heterocycles. The third-order valence-corrected chi connectivity index (χ3v) is 3.15. The Morgan fingerprint density at radius 1 is 1.38 bits per heavy atom. The number of likely N-dealkylation sites (N-methyl/N-ethyl adjacent to an activating group) is 1. The van der Waals surface area contributed by atoms with Gasteiger partial charge in [0.2, 0.25) is 0 Å². The van der Waals surface area contributed by atoms with Crippen LogP contribution in [-0.2, 0) is 0 Å². The van der Waals surface area contributed by atoms with Gasteiger partial charge in [-0.1, -0.05) is 0 Å². The maximum absolute atomic E-state index is 13.2. The third kappa shape index (κ3) is 1.48. The minimum atomic E-state index is -0.250. The first-order valence-corrected chi connectivity index (χ1v) is 5.43. The van der Waals surface area contributed by atoms with Crippen molar-refractivity contribution in [1.29, 1.82) is 0 Å². The SMILES string of the molecule is CN1CC[C@@H](c2nnc3ccc(F)cn23)C1. The van der Waals surface area contributed by atoms with Crippen LogP contribution in [0.4, 0.5) is 4.39 Å². The number of pyridine rings is 1. The number of likely N-dealkylation sites (tertiary alicyclic amines) is 1. The molecule has 0 unspecified atom stereocenters. The first kappa shape index (κ1) is 9.72. The van der Waals surface area contributed by atoms with E-state index in [0.29, 0.717) is 11.6 Å². The molecule has 2 aromatic rings. The van der Waals surface area contributed by atoms with Crippen molar-refractivity contribution in [1.82, 2.24) is 19.5 Å². The van der Waals surface area contributed by atoms with Crippen molar-refractivity contribution in [2.45, 2.75) is 12.3 Å². The number of nitrogens with zero attached hydrogens (tertiary/aromatic N) is 4. The first-order chi connectivity index (χ1) is 7.74. The second kappa shape index (κ2) is 3.52. The van der Waals surface area contributed by atoms with Crippen LogP contribution in [0, 0.1) is 5.82 Å². The number of rotatable bonds is 1. The zero-order valence-corrected chi connectivity index (χ0v) is 9.10. The molecule has 16 heavy (non-hydrogen) atoms. The molecule has 1 fully saturated rings. The van der Waals surface area contributed by atoms with E-state index in [9.17, 15) is 4.39 Å². The first-order valence-electron chi connectivity index (χ1n) is 5.43. The van der Waals surface area contributed by atoms with Crippen molar-refractivity contribution in [3.63, 3.8) is 0 Å². The van der Waals surface area contributed by atoms with E-state index in [1.54, 1.807) is 10.5 Å². The van der Waals surface area contributed by atoms with E-state index < -0.39 is 0 Å². The molecule has 3 rings (SSSR count). The van der Waals surface area contributed by atoms with Crippen molar-refractivity contribution in [2.75, 3.05) is 20.1 Å². The smallest absolute Gasteiger partial charge is 0.160 e. The van der Waals surface area contributed by atoms with Gasteiger partial charge in [-0.2, -0.15) is 0 Å². The molecule has 1 aliphatic rings. The van der Waals surface area contributed by atoms with E-state index in [1.807, 2.05) is 0 Å². The highest BCUT2D eigenvalue weighted by molar-refractivity contribution is 5.38. The normalized spacial score (nSPS) is 22.0. The number of hydrogen-bond acceptors (Lipinski definition) is 3. The van der Waals surface area contributed by atoms with Crippen LogP contribution >= 0.6 is 0 Å². The van der Waals surface area contributed by atoms with Gasteiger partial charge in [0.15, 0.2) is 5.65 Å². The molecule has 0 N–H and O–H groups in total. The van der Waals surface area contributed by atoms with E-state index >= 15 is 0 Å². The fraction of sp³-hybridized carbons (Fsp3) is 0.455. The summed E-state index contributed by atoms with van der Waals surface area (Å²) in [5.74, 6) is 0.987. The molecule has 1 saturated heterocycles. The molecule has 0 aliphatic carbocycles. The summed E-state index contributed by atoms with van der Waals surface area (Å²) in [4.78, 5) is 2.25. The van der Waals surface area contributed by atoms with Gasteiger partial charge in [0.25, 0.3) is 0 Å². The zero-order chi connectivity index (χ0) is 11.1. The molecule has 0 saturated carbocycles. The summed E-state index contributed by atoms with van der Waals surface area (Å²) < 4.78 is 14.9. The predicted molar refractivity (Wildman–Crippen MR) is 57.8 cm³/mol. The minimum Gasteiger partial charge on any atom is -0.306 e. The summed E-state index contributed by atoms with van der Waals surface area (Å²) in [6.07, 6.45) is 2.52. The quantitative estimate of drug-likeness (QED) is 0.726. The highest BCUT2D eigenvalue weighted by Crippen LogP contribution is 2.25. The van der Waals surface area contributed by atoms with Gasteiger partial charge in [-0.25, -0.2) is 4.39 Å². The number of halogens is 1. The Morgan fingerprint density at radius 2 is 2.25 bits per heavy atom. The summed E-state index contributed by atoms with van der Waals surface area (Å²) in [6.45, 7) is 2.03. The summed E-state index contributed by atoms with van der Waals surface area (Å²) in [5.41, 5.74) is 0.714. The van der Waals surface area contributed by atoms with Crippen LogP contribution in [0.15, 0.2) is 18.3 Å². The summed E-state index contributed by atoms with van der Waals surface area (Å²) in [5, 5.41) is 8.23. The van der Waals surface area contributed by atoms with E-state index in [-0.39, 0.29) is 5.82 Å². The molecule has 0 radical (unpaired) electrons. The molecule has 0 bridgehead atoms. The molecule has 1 atom stereocenters. The zero-order valence-electron chi connectivity index (χ0n) is 9.10. The van der Waals surface area contributed by atoms with Crippen molar-refractivity contribution < 1.29 is 4.39 Å². The predicted octanol–water partition coefficient (Wildman–Crippen LogP) is 1.29. The van der Waals surface area contributed by atoms with Gasteiger partial charge in [0, 0.05) is 18.7 Å². The van der Waals surface area contributed by atoms with Crippen molar-refractivity contribution >= 4 is 5.65 Å². The maximum atomic E-state index is 13.2. The fourth-order valence-electron chi connectivity index (χ4n) is 2.31. The van der Waals surface area contributed by atoms with E-state index in [0.717, 1.165) is 25.3 Å². The van der Waals surface area contributed by atoms with Gasteiger partial charge < -0.3 is 4.90 Å². The minimum absolute atomic E-state index is 0.250. The molecule has 0 aromatic carbocycles. The third-order valence-electron chi connectivity index (χ3n) is 3.15. The van der Waals surface area contributed by atoms with Gasteiger partial charge in [-0.15, -0.1) is 10.2 Å². The Morgan fingerprint density at radius 3 is 3.00 bits per heavy atom. The topological polar surface area (TPSA) is 33.4 Å². The van der Waals surface area contributed by atoms with Crippen LogP contribution in [0.5, 0.6) is 0 Å². The highest BCUT2D eigenvalue weighted by atomic mass is 19.1. The lowest BCUT2D eigenvalue weighted by atomic mass is 10.1. The number of hydrogen-bond donors (Lipinski definition) is 0. The summed E-state index contributed by atoms with van der Waals surface area (Å²) in [6, 6.07) is 3.07. The Bertz CT molecular complexity index is 522. The average Bonchev–Trinajstić information content (AvgIpc) is 2.83. The molecule has 84 valence electrons. The molecule has 5 heteroatoms. The summed E-state index contributed by atoms with van der Waals surface area (Å²) >= 11 is 0. The lowest BCUT2D eigenvalue weighted by Crippen LogP contribution is -2.14. The molecule has 4 nitrogen and oxygen atoms in total. The van der Waals surface area contributed by atoms with Gasteiger partial charge in [-0.05, 0) is 32.1 Å². The Hall–Kier alpha value is -1.49. The monoisotopic (exact) mass is 220 g/mol. The molecular weight excluding hydrogens is 207 g/mol. The van der Waals surface area contributed by atoms with Crippen LogP contribution in [0.1, 0.15) is 18.2 Å². The maximum Gasteiger partial charge on any atom is 0.160 e. The molecular formula is C11H13FN4. The van der Waals surface area contributed by atoms with Gasteiger partial charge in [0.1, 0.15) is 11.6 Å². The van der Waals surface area contributed by atoms with E-state index in [1.165, 1.54) is 12.3 Å². The van der Waals surface area contributed by atoms with Crippen molar-refractivity contribution in [2.24, 2.45) is 0 Å². The van der Waals surface area contributed by atoms with Crippen LogP contribution < -0.4 is 0 Å². The standard InChI is InChI=1S/C11H13FN4/c1-15-5-4-8(6-15)11-14-13-10-3-2-9(12)7-16(10)11/h2-3,7-8H,4-6H2,1H3/t8-/m1/s1. The lowest BCUT2D eigenvalue weighted by Gasteiger charge is -2.08. The second-order valence-electron chi connectivity index (χ2n) is 4.38. The molecule has 1 aliphatic heterocycles. The Labute approximate surface area is 92.7 Å².